The van der Waals surface area contributed by atoms with Crippen LogP contribution in [0.2, 0.25) is 0 Å². The van der Waals surface area contributed by atoms with Crippen LogP contribution in [-0.2, 0) is 25.0 Å². The van der Waals surface area contributed by atoms with Crippen LogP contribution in [-0.4, -0.2) is 59.1 Å². The first-order valence-electron chi connectivity index (χ1n) is 10.9. The Labute approximate surface area is 199 Å². The summed E-state index contributed by atoms with van der Waals surface area (Å²) < 4.78 is 70.1. The average molecular weight is 512 g/mol. The number of morpholine rings is 1. The maximum absolute atomic E-state index is 12.9. The largest absolute Gasteiger partial charge is 0.464 e. The van der Waals surface area contributed by atoms with Gasteiger partial charge in [-0.15, -0.1) is 8.80 Å². The number of rotatable bonds is 5. The number of allylic oxidation sites excluding steroid dienone is 3. The molecular formula is C21H29N5O6S2. The highest BCUT2D eigenvalue weighted by Gasteiger charge is 2.35. The molecule has 0 aromatic carbocycles. The van der Waals surface area contributed by atoms with Crippen LogP contribution in [0.25, 0.3) is 0 Å². The van der Waals surface area contributed by atoms with Crippen LogP contribution in [0.3, 0.4) is 0 Å². The summed E-state index contributed by atoms with van der Waals surface area (Å²) in [6.07, 6.45) is 3.36. The molecule has 0 amide bonds. The van der Waals surface area contributed by atoms with Gasteiger partial charge in [-0.1, -0.05) is 26.8 Å². The molecule has 4 rings (SSSR count). The first-order chi connectivity index (χ1) is 15.8. The molecule has 0 unspecified atom stereocenters. The maximum Gasteiger partial charge on any atom is 0.367 e. The van der Waals surface area contributed by atoms with Crippen molar-refractivity contribution in [2.45, 2.75) is 40.2 Å². The van der Waals surface area contributed by atoms with E-state index < -0.39 is 26.3 Å². The fourth-order valence-electron chi connectivity index (χ4n) is 3.83. The summed E-state index contributed by atoms with van der Waals surface area (Å²) in [5, 5.41) is 6.08. The zero-order chi connectivity index (χ0) is 24.7. The van der Waals surface area contributed by atoms with Gasteiger partial charge in [0.1, 0.15) is 11.5 Å². The van der Waals surface area contributed by atoms with E-state index in [1.165, 1.54) is 10.4 Å². The van der Waals surface area contributed by atoms with Gasteiger partial charge in [0, 0.05) is 25.2 Å². The summed E-state index contributed by atoms with van der Waals surface area (Å²) in [6, 6.07) is 3.27. The van der Waals surface area contributed by atoms with Crippen molar-refractivity contribution in [2.24, 2.45) is 14.2 Å². The van der Waals surface area contributed by atoms with Crippen LogP contribution in [0.1, 0.15) is 44.8 Å². The third-order valence-electron chi connectivity index (χ3n) is 5.57. The highest BCUT2D eigenvalue weighted by molar-refractivity contribution is 7.93. The van der Waals surface area contributed by atoms with E-state index in [4.69, 9.17) is 9.15 Å². The molecule has 1 fully saturated rings. The number of sulfonamides is 1. The van der Waals surface area contributed by atoms with Crippen molar-refractivity contribution < 1.29 is 26.0 Å². The number of ether oxygens (including phenoxy) is 1. The van der Waals surface area contributed by atoms with Crippen molar-refractivity contribution in [1.29, 1.82) is 0 Å². The van der Waals surface area contributed by atoms with Gasteiger partial charge in [0.2, 0.25) is 10.0 Å². The molecule has 1 atom stereocenters. The SMILES string of the molecule is Cc1ccc([C@H](NC2=NS(=O)(=O)N=C2NC2=CCC(S(=O)(=O)N3CCOCC3)=C2)C(C)(C)C)o1. The molecule has 1 saturated heterocycles. The van der Waals surface area contributed by atoms with Gasteiger partial charge in [-0.25, -0.2) is 8.42 Å². The van der Waals surface area contributed by atoms with E-state index in [-0.39, 0.29) is 28.4 Å². The number of nitrogens with zero attached hydrogens (tertiary/aromatic N) is 3. The fourth-order valence-corrected chi connectivity index (χ4v) is 6.14. The van der Waals surface area contributed by atoms with E-state index in [2.05, 4.69) is 19.4 Å². The van der Waals surface area contributed by atoms with Crippen LogP contribution in [0.5, 0.6) is 0 Å². The summed E-state index contributed by atoms with van der Waals surface area (Å²) in [5.41, 5.74) is 0.0780. The van der Waals surface area contributed by atoms with Crippen molar-refractivity contribution >= 4 is 31.9 Å². The Morgan fingerprint density at radius 1 is 1.12 bits per heavy atom. The van der Waals surface area contributed by atoms with E-state index in [0.717, 1.165) is 5.76 Å². The minimum Gasteiger partial charge on any atom is -0.464 e. The number of hydrogen-bond acceptors (Lipinski definition) is 8. The molecule has 13 heteroatoms. The zero-order valence-electron chi connectivity index (χ0n) is 19.5. The lowest BCUT2D eigenvalue weighted by atomic mass is 9.85. The van der Waals surface area contributed by atoms with Crippen LogP contribution >= 0.6 is 0 Å². The highest BCUT2D eigenvalue weighted by Crippen LogP contribution is 2.34. The van der Waals surface area contributed by atoms with Gasteiger partial charge in [0.05, 0.1) is 24.2 Å². The van der Waals surface area contributed by atoms with Crippen LogP contribution < -0.4 is 10.6 Å². The van der Waals surface area contributed by atoms with Gasteiger partial charge >= 0.3 is 10.2 Å². The zero-order valence-corrected chi connectivity index (χ0v) is 21.2. The topological polar surface area (TPSA) is 143 Å². The molecule has 1 aliphatic carbocycles. The molecule has 0 bridgehead atoms. The summed E-state index contributed by atoms with van der Waals surface area (Å²) in [5.74, 6) is 1.39. The van der Waals surface area contributed by atoms with Gasteiger partial charge in [0.25, 0.3) is 0 Å². The Morgan fingerprint density at radius 3 is 2.41 bits per heavy atom. The first-order valence-corrected chi connectivity index (χ1v) is 13.7. The first kappa shape index (κ1) is 24.6. The van der Waals surface area contributed by atoms with Gasteiger partial charge in [-0.05, 0) is 30.5 Å². The molecule has 0 saturated carbocycles. The smallest absolute Gasteiger partial charge is 0.367 e. The summed E-state index contributed by atoms with van der Waals surface area (Å²) in [7, 11) is -7.71. The van der Waals surface area contributed by atoms with E-state index in [0.29, 0.717) is 37.8 Å². The molecular weight excluding hydrogens is 482 g/mol. The van der Waals surface area contributed by atoms with Crippen LogP contribution in [0.15, 0.2) is 48.1 Å². The predicted molar refractivity (Wildman–Crippen MR) is 128 cm³/mol. The molecule has 34 heavy (non-hydrogen) atoms. The maximum atomic E-state index is 12.9. The molecule has 186 valence electrons. The van der Waals surface area contributed by atoms with Crippen LogP contribution in [0.4, 0.5) is 0 Å². The van der Waals surface area contributed by atoms with Gasteiger partial charge in [-0.2, -0.15) is 12.7 Å². The minimum atomic E-state index is -4.08. The van der Waals surface area contributed by atoms with Crippen molar-refractivity contribution in [3.63, 3.8) is 0 Å². The van der Waals surface area contributed by atoms with E-state index >= 15 is 0 Å². The number of furan rings is 1. The monoisotopic (exact) mass is 511 g/mol. The second-order valence-corrected chi connectivity index (χ2v) is 12.6. The molecule has 2 aliphatic heterocycles. The Morgan fingerprint density at radius 2 is 1.79 bits per heavy atom. The van der Waals surface area contributed by atoms with E-state index in [9.17, 15) is 16.8 Å². The van der Waals surface area contributed by atoms with E-state index in [1.54, 1.807) is 6.08 Å². The van der Waals surface area contributed by atoms with Crippen molar-refractivity contribution in [3.8, 4) is 0 Å². The molecule has 1 aromatic heterocycles. The molecule has 11 nitrogen and oxygen atoms in total. The summed E-state index contributed by atoms with van der Waals surface area (Å²) >= 11 is 0. The molecule has 3 heterocycles. The molecule has 0 radical (unpaired) electrons. The highest BCUT2D eigenvalue weighted by atomic mass is 32.2. The molecule has 2 N–H and O–H groups in total. The summed E-state index contributed by atoms with van der Waals surface area (Å²) in [4.78, 5) is 0.225. The lowest BCUT2D eigenvalue weighted by Crippen LogP contribution is -2.43. The number of nitrogens with one attached hydrogen (secondary N) is 2. The predicted octanol–water partition coefficient (Wildman–Crippen LogP) is 1.74. The van der Waals surface area contributed by atoms with Crippen molar-refractivity contribution in [3.05, 3.63) is 46.4 Å². The van der Waals surface area contributed by atoms with Gasteiger partial charge in [-0.3, -0.25) is 0 Å². The molecule has 0 spiro atoms. The Balaban J connectivity index is 1.54. The van der Waals surface area contributed by atoms with E-state index in [1.807, 2.05) is 39.8 Å². The third-order valence-corrected chi connectivity index (χ3v) is 8.39. The normalized spacial score (nSPS) is 22.0. The number of hydrogen-bond donors (Lipinski definition) is 2. The second kappa shape index (κ2) is 8.95. The number of aryl methyl sites for hydroxylation is 1. The minimum absolute atomic E-state index is 0.00921. The van der Waals surface area contributed by atoms with Crippen molar-refractivity contribution in [1.82, 2.24) is 14.9 Å². The Hall–Kier alpha value is -2.48. The average Bonchev–Trinajstić information content (AvgIpc) is 3.45. The Kier molecular flexibility index (Phi) is 6.48. The second-order valence-electron chi connectivity index (χ2n) is 9.34. The standard InChI is InChI=1S/C21H29N5O6S2/c1-14-5-8-17(32-14)18(21(2,3)4)23-20-19(24-34(29,30)25-20)22-15-6-7-16(13-15)33(27,28)26-9-11-31-12-10-26/h5-6,8,13,18H,7,9-12H2,1-4H3,(H,22,24)(H,23,25)/t18-/m0/s1. The van der Waals surface area contributed by atoms with Gasteiger partial charge < -0.3 is 19.8 Å². The quantitative estimate of drug-likeness (QED) is 0.609. The molecule has 3 aliphatic rings. The van der Waals surface area contributed by atoms with Gasteiger partial charge in [0.15, 0.2) is 11.7 Å². The third kappa shape index (κ3) is 5.27. The fraction of sp³-hybridized carbons (Fsp3) is 0.524. The molecule has 1 aromatic rings. The van der Waals surface area contributed by atoms with Crippen molar-refractivity contribution in [2.75, 3.05) is 26.3 Å². The lowest BCUT2D eigenvalue weighted by molar-refractivity contribution is 0.0734. The van der Waals surface area contributed by atoms with Crippen LogP contribution in [0, 0.1) is 12.3 Å². The lowest BCUT2D eigenvalue weighted by Gasteiger charge is -2.30. The number of amidine groups is 2. The Bertz CT molecular complexity index is 1290. The summed E-state index contributed by atoms with van der Waals surface area (Å²) in [6.45, 7) is 9.11.